The van der Waals surface area contributed by atoms with Crippen LogP contribution < -0.4 is 8.92 Å². The van der Waals surface area contributed by atoms with Gasteiger partial charge in [0.25, 0.3) is 0 Å². The molecule has 0 spiro atoms. The van der Waals surface area contributed by atoms with Gasteiger partial charge in [-0.25, -0.2) is 0 Å². The van der Waals surface area contributed by atoms with Gasteiger partial charge in [0.15, 0.2) is 23.1 Å². The van der Waals surface area contributed by atoms with Crippen LogP contribution in [0.4, 0.5) is 0 Å². The Morgan fingerprint density at radius 1 is 0.927 bits per heavy atom. The molecule has 0 aromatic heterocycles. The van der Waals surface area contributed by atoms with E-state index in [2.05, 4.69) is 0 Å². The molecule has 0 saturated carbocycles. The number of halogens is 2. The van der Waals surface area contributed by atoms with E-state index in [0.717, 1.165) is 0 Å². The molecule has 2 aromatic carbocycles. The van der Waals surface area contributed by atoms with E-state index >= 15 is 0 Å². The molecule has 3 aliphatic rings. The zero-order chi connectivity index (χ0) is 29.9. The van der Waals surface area contributed by atoms with Gasteiger partial charge in [0.2, 0.25) is 0 Å². The average Bonchev–Trinajstić information content (AvgIpc) is 2.83. The standard InChI is InChI=1S/C31H32ClIO7S/c1-6-38-23-12-17(11-20(33)29(23)40-41(36,37)19-9-7-18(32)8-10-19)26-27-21(34)13-30(2,3)15-24(27)39-25-16-31(4,5)14-22(35)28(25)26/h7-12,26H,6,13-16H2,1-5H3. The molecule has 0 saturated heterocycles. The van der Waals surface area contributed by atoms with Crippen LogP contribution in [0.2, 0.25) is 5.02 Å². The second kappa shape index (κ2) is 10.7. The highest BCUT2D eigenvalue weighted by atomic mass is 127. The minimum absolute atomic E-state index is 0.0359. The molecule has 0 radical (unpaired) electrons. The molecular weight excluding hydrogens is 679 g/mol. The molecule has 218 valence electrons. The molecule has 0 unspecified atom stereocenters. The van der Waals surface area contributed by atoms with Crippen LogP contribution in [0.25, 0.3) is 0 Å². The van der Waals surface area contributed by atoms with Crippen molar-refractivity contribution in [1.82, 2.24) is 0 Å². The summed E-state index contributed by atoms with van der Waals surface area (Å²) in [4.78, 5) is 27.2. The van der Waals surface area contributed by atoms with Crippen LogP contribution in [-0.2, 0) is 24.4 Å². The molecule has 2 aromatic rings. The molecule has 0 amide bonds. The Morgan fingerprint density at radius 3 is 1.98 bits per heavy atom. The Bertz CT molecular complexity index is 1570. The Morgan fingerprint density at radius 2 is 1.46 bits per heavy atom. The summed E-state index contributed by atoms with van der Waals surface area (Å²) < 4.78 is 44.6. The summed E-state index contributed by atoms with van der Waals surface area (Å²) >= 11 is 7.94. The lowest BCUT2D eigenvalue weighted by molar-refractivity contribution is -0.120. The maximum Gasteiger partial charge on any atom is 0.339 e. The number of hydrogen-bond acceptors (Lipinski definition) is 7. The molecule has 5 rings (SSSR count). The van der Waals surface area contributed by atoms with Crippen LogP contribution >= 0.6 is 34.2 Å². The van der Waals surface area contributed by atoms with E-state index in [1.165, 1.54) is 24.3 Å². The number of rotatable bonds is 6. The van der Waals surface area contributed by atoms with E-state index in [-0.39, 0.29) is 45.4 Å². The smallest absolute Gasteiger partial charge is 0.339 e. The molecule has 0 bridgehead atoms. The number of carbonyl (C=O) groups excluding carboxylic acids is 2. The van der Waals surface area contributed by atoms with Crippen molar-refractivity contribution >= 4 is 55.9 Å². The fourth-order valence-corrected chi connectivity index (χ4v) is 7.83. The van der Waals surface area contributed by atoms with E-state index in [0.29, 0.717) is 62.5 Å². The van der Waals surface area contributed by atoms with Crippen LogP contribution in [0.1, 0.15) is 71.8 Å². The predicted octanol–water partition coefficient (Wildman–Crippen LogP) is 7.51. The summed E-state index contributed by atoms with van der Waals surface area (Å²) in [7, 11) is -4.20. The van der Waals surface area contributed by atoms with Crippen molar-refractivity contribution in [3.05, 3.63) is 73.2 Å². The van der Waals surface area contributed by atoms with Gasteiger partial charge in [-0.1, -0.05) is 39.3 Å². The number of benzene rings is 2. The van der Waals surface area contributed by atoms with Crippen molar-refractivity contribution in [2.45, 2.75) is 71.1 Å². The molecule has 0 fully saturated rings. The highest BCUT2D eigenvalue weighted by molar-refractivity contribution is 14.1. The van der Waals surface area contributed by atoms with Crippen molar-refractivity contribution in [2.24, 2.45) is 10.8 Å². The van der Waals surface area contributed by atoms with Gasteiger partial charge < -0.3 is 13.7 Å². The van der Waals surface area contributed by atoms with Crippen molar-refractivity contribution in [3.63, 3.8) is 0 Å². The molecule has 0 N–H and O–H groups in total. The minimum atomic E-state index is -4.20. The van der Waals surface area contributed by atoms with E-state index in [4.69, 9.17) is 25.3 Å². The van der Waals surface area contributed by atoms with Gasteiger partial charge in [0.1, 0.15) is 16.4 Å². The Kier molecular flexibility index (Phi) is 7.87. The van der Waals surface area contributed by atoms with Crippen molar-refractivity contribution in [1.29, 1.82) is 0 Å². The van der Waals surface area contributed by atoms with Crippen molar-refractivity contribution < 1.29 is 31.7 Å². The molecule has 10 heteroatoms. The average molecular weight is 711 g/mol. The summed E-state index contributed by atoms with van der Waals surface area (Å²) in [6.45, 7) is 10.2. The Labute approximate surface area is 259 Å². The first-order chi connectivity index (χ1) is 19.1. The quantitative estimate of drug-likeness (QED) is 0.226. The van der Waals surface area contributed by atoms with Gasteiger partial charge in [-0.05, 0) is 82.3 Å². The fraction of sp³-hybridized carbons (Fsp3) is 0.419. The van der Waals surface area contributed by atoms with Gasteiger partial charge in [-0.15, -0.1) is 0 Å². The van der Waals surface area contributed by atoms with Gasteiger partial charge in [-0.3, -0.25) is 9.59 Å². The van der Waals surface area contributed by atoms with E-state index in [9.17, 15) is 18.0 Å². The number of allylic oxidation sites excluding steroid dienone is 4. The number of Topliss-reactive ketones (excluding diaryl/α,β-unsaturated/α-hetero) is 2. The number of hydrogen-bond donors (Lipinski definition) is 0. The molecule has 7 nitrogen and oxygen atoms in total. The van der Waals surface area contributed by atoms with E-state index < -0.39 is 16.0 Å². The lowest BCUT2D eigenvalue weighted by Crippen LogP contribution is -2.37. The summed E-state index contributed by atoms with van der Waals surface area (Å²) in [5.41, 5.74) is 1.10. The SMILES string of the molecule is CCOc1cc(C2C3=C(CC(C)(C)CC3=O)OC3=C2C(=O)CC(C)(C)C3)cc(I)c1OS(=O)(=O)c1ccc(Cl)cc1. The highest BCUT2D eigenvalue weighted by Gasteiger charge is 2.48. The zero-order valence-corrected chi connectivity index (χ0v) is 27.3. The van der Waals surface area contributed by atoms with Gasteiger partial charge in [0.05, 0.1) is 10.2 Å². The minimum Gasteiger partial charge on any atom is -0.490 e. The van der Waals surface area contributed by atoms with Gasteiger partial charge >= 0.3 is 10.1 Å². The summed E-state index contributed by atoms with van der Waals surface area (Å²) in [6, 6.07) is 9.14. The zero-order valence-electron chi connectivity index (χ0n) is 23.6. The largest absolute Gasteiger partial charge is 0.490 e. The second-order valence-electron chi connectivity index (χ2n) is 12.3. The lowest BCUT2D eigenvalue weighted by Gasteiger charge is -2.42. The third-order valence-corrected chi connectivity index (χ3v) is 9.83. The van der Waals surface area contributed by atoms with Gasteiger partial charge in [0, 0.05) is 47.8 Å². The normalized spacial score (nSPS) is 20.4. The molecule has 2 aliphatic carbocycles. The first kappa shape index (κ1) is 30.1. The maximum absolute atomic E-state index is 13.6. The van der Waals surface area contributed by atoms with Crippen molar-refractivity contribution in [3.8, 4) is 11.5 Å². The first-order valence-corrected chi connectivity index (χ1v) is 16.3. The van der Waals surface area contributed by atoms with E-state index in [1.54, 1.807) is 19.1 Å². The van der Waals surface area contributed by atoms with Gasteiger partial charge in [-0.2, -0.15) is 8.42 Å². The third-order valence-electron chi connectivity index (χ3n) is 7.54. The van der Waals surface area contributed by atoms with Crippen LogP contribution in [0.15, 0.2) is 64.0 Å². The molecule has 1 heterocycles. The summed E-state index contributed by atoms with van der Waals surface area (Å²) in [5, 5.41) is 0.401. The number of ether oxygens (including phenoxy) is 2. The fourth-order valence-electron chi connectivity index (χ4n) is 5.87. The van der Waals surface area contributed by atoms with Crippen LogP contribution in [0.3, 0.4) is 0 Å². The Hall–Kier alpha value is -2.37. The summed E-state index contributed by atoms with van der Waals surface area (Å²) in [6.07, 6.45) is 1.83. The third kappa shape index (κ3) is 5.95. The first-order valence-electron chi connectivity index (χ1n) is 13.5. The van der Waals surface area contributed by atoms with E-state index in [1.807, 2.05) is 50.3 Å². The van der Waals surface area contributed by atoms with Crippen LogP contribution in [0.5, 0.6) is 11.5 Å². The maximum atomic E-state index is 13.6. The molecule has 0 atom stereocenters. The van der Waals surface area contributed by atoms with Crippen molar-refractivity contribution in [2.75, 3.05) is 6.61 Å². The summed E-state index contributed by atoms with van der Waals surface area (Å²) in [5.74, 6) is 0.714. The Balaban J connectivity index is 1.65. The lowest BCUT2D eigenvalue weighted by atomic mass is 9.65. The molecule has 1 aliphatic heterocycles. The highest BCUT2D eigenvalue weighted by Crippen LogP contribution is 2.54. The second-order valence-corrected chi connectivity index (χ2v) is 15.5. The molecular formula is C31H32ClIO7S. The monoisotopic (exact) mass is 710 g/mol. The topological polar surface area (TPSA) is 96.0 Å². The number of carbonyl (C=O) groups is 2. The predicted molar refractivity (Wildman–Crippen MR) is 164 cm³/mol. The number of ketones is 2. The van der Waals surface area contributed by atoms with Crippen LogP contribution in [0, 0.1) is 14.4 Å². The van der Waals surface area contributed by atoms with Crippen LogP contribution in [-0.4, -0.2) is 26.6 Å². The molecule has 41 heavy (non-hydrogen) atoms.